The number of nitrogens with one attached hydrogen (secondary N) is 1. The van der Waals surface area contributed by atoms with Crippen LogP contribution in [0.1, 0.15) is 38.7 Å². The van der Waals surface area contributed by atoms with Crippen molar-refractivity contribution in [2.24, 2.45) is 11.8 Å². The zero-order valence-corrected chi connectivity index (χ0v) is 13.2. The molecule has 2 aliphatic rings. The van der Waals surface area contributed by atoms with Crippen molar-refractivity contribution in [3.05, 3.63) is 22.8 Å². The van der Waals surface area contributed by atoms with E-state index >= 15 is 0 Å². The van der Waals surface area contributed by atoms with Gasteiger partial charge in [-0.1, -0.05) is 25.4 Å². The molecule has 0 amide bonds. The molecule has 0 aromatic carbocycles. The van der Waals surface area contributed by atoms with Crippen molar-refractivity contribution in [3.8, 4) is 0 Å². The first-order chi connectivity index (χ1) is 9.63. The molecule has 1 aromatic heterocycles. The molecule has 1 aliphatic heterocycles. The predicted molar refractivity (Wildman–Crippen MR) is 84.3 cm³/mol. The van der Waals surface area contributed by atoms with Crippen LogP contribution in [0.2, 0.25) is 5.02 Å². The van der Waals surface area contributed by atoms with Gasteiger partial charge < -0.3 is 10.2 Å². The van der Waals surface area contributed by atoms with E-state index in [1.807, 2.05) is 6.20 Å². The number of anilines is 1. The number of aromatic nitrogens is 1. The van der Waals surface area contributed by atoms with Crippen molar-refractivity contribution >= 4 is 17.4 Å². The van der Waals surface area contributed by atoms with E-state index in [0.717, 1.165) is 48.4 Å². The largest absolute Gasteiger partial charge is 0.355 e. The monoisotopic (exact) mass is 293 g/mol. The van der Waals surface area contributed by atoms with Gasteiger partial charge in [-0.05, 0) is 42.7 Å². The quantitative estimate of drug-likeness (QED) is 0.901. The van der Waals surface area contributed by atoms with E-state index in [1.165, 1.54) is 24.8 Å². The van der Waals surface area contributed by atoms with Crippen LogP contribution in [0.25, 0.3) is 0 Å². The zero-order chi connectivity index (χ0) is 14.1. The first-order valence-electron chi connectivity index (χ1n) is 7.76. The molecule has 1 aliphatic carbocycles. The van der Waals surface area contributed by atoms with Crippen LogP contribution in [-0.2, 0) is 6.54 Å². The van der Waals surface area contributed by atoms with Crippen LogP contribution < -0.4 is 10.2 Å². The van der Waals surface area contributed by atoms with Gasteiger partial charge in [0.15, 0.2) is 0 Å². The summed E-state index contributed by atoms with van der Waals surface area (Å²) in [6.45, 7) is 7.65. The Morgan fingerprint density at radius 2 is 2.20 bits per heavy atom. The van der Waals surface area contributed by atoms with Gasteiger partial charge in [0.25, 0.3) is 0 Å². The van der Waals surface area contributed by atoms with Gasteiger partial charge in [0.2, 0.25) is 0 Å². The van der Waals surface area contributed by atoms with Crippen molar-refractivity contribution in [2.45, 2.75) is 45.7 Å². The molecule has 1 N–H and O–H groups in total. The third-order valence-electron chi connectivity index (χ3n) is 4.52. The Bertz CT molecular complexity index is 471. The summed E-state index contributed by atoms with van der Waals surface area (Å²) in [5.41, 5.74) is 1.19. The van der Waals surface area contributed by atoms with Gasteiger partial charge in [0.05, 0.1) is 5.02 Å². The Kier molecular flexibility index (Phi) is 4.18. The Balaban J connectivity index is 1.64. The summed E-state index contributed by atoms with van der Waals surface area (Å²) < 4.78 is 0. The van der Waals surface area contributed by atoms with Crippen LogP contribution in [0, 0.1) is 11.8 Å². The van der Waals surface area contributed by atoms with Gasteiger partial charge in [-0.2, -0.15) is 0 Å². The highest BCUT2D eigenvalue weighted by atomic mass is 35.5. The number of halogens is 1. The smallest absolute Gasteiger partial charge is 0.147 e. The second kappa shape index (κ2) is 5.90. The lowest BCUT2D eigenvalue weighted by molar-refractivity contribution is 0.422. The lowest BCUT2D eigenvalue weighted by Crippen LogP contribution is -2.23. The fraction of sp³-hybridized carbons (Fsp3) is 0.688. The minimum atomic E-state index is 0.721. The summed E-state index contributed by atoms with van der Waals surface area (Å²) in [5.74, 6) is 2.47. The van der Waals surface area contributed by atoms with Gasteiger partial charge >= 0.3 is 0 Å². The molecule has 1 atom stereocenters. The topological polar surface area (TPSA) is 28.2 Å². The minimum absolute atomic E-state index is 0.721. The first kappa shape index (κ1) is 14.2. The van der Waals surface area contributed by atoms with E-state index in [0.29, 0.717) is 0 Å². The minimum Gasteiger partial charge on any atom is -0.355 e. The summed E-state index contributed by atoms with van der Waals surface area (Å²) in [7, 11) is 0. The summed E-state index contributed by atoms with van der Waals surface area (Å²) in [5, 5.41) is 4.29. The van der Waals surface area contributed by atoms with Gasteiger partial charge in [-0.25, -0.2) is 4.98 Å². The van der Waals surface area contributed by atoms with Crippen molar-refractivity contribution in [1.82, 2.24) is 10.3 Å². The number of rotatable bonds is 5. The molecule has 1 saturated heterocycles. The van der Waals surface area contributed by atoms with Crippen LogP contribution >= 0.6 is 11.6 Å². The lowest BCUT2D eigenvalue weighted by atomic mass is 9.95. The molecule has 1 saturated carbocycles. The SMILES string of the molecule is CC(C)C1CCN(c2ncc(CNC3CC3)cc2Cl)C1. The van der Waals surface area contributed by atoms with Gasteiger partial charge in [-0.15, -0.1) is 0 Å². The Morgan fingerprint density at radius 1 is 1.40 bits per heavy atom. The molecule has 20 heavy (non-hydrogen) atoms. The molecule has 4 heteroatoms. The molecule has 1 unspecified atom stereocenters. The Morgan fingerprint density at radius 3 is 2.80 bits per heavy atom. The summed E-state index contributed by atoms with van der Waals surface area (Å²) >= 11 is 6.44. The molecule has 3 nitrogen and oxygen atoms in total. The van der Waals surface area contributed by atoms with Crippen LogP contribution in [-0.4, -0.2) is 24.1 Å². The Hall–Kier alpha value is -0.800. The number of hydrogen-bond donors (Lipinski definition) is 1. The van der Waals surface area contributed by atoms with Gasteiger partial charge in [0.1, 0.15) is 5.82 Å². The van der Waals surface area contributed by atoms with E-state index < -0.39 is 0 Å². The van der Waals surface area contributed by atoms with Crippen molar-refractivity contribution in [2.75, 3.05) is 18.0 Å². The molecule has 0 radical (unpaired) electrons. The second-order valence-electron chi connectivity index (χ2n) is 6.54. The molecule has 2 fully saturated rings. The van der Waals surface area contributed by atoms with E-state index in [9.17, 15) is 0 Å². The maximum absolute atomic E-state index is 6.44. The molecule has 110 valence electrons. The Labute approximate surface area is 126 Å². The normalized spacial score (nSPS) is 22.8. The third-order valence-corrected chi connectivity index (χ3v) is 4.80. The summed E-state index contributed by atoms with van der Waals surface area (Å²) in [6, 6.07) is 2.79. The van der Waals surface area contributed by atoms with Gasteiger partial charge in [-0.3, -0.25) is 0 Å². The lowest BCUT2D eigenvalue weighted by Gasteiger charge is -2.20. The van der Waals surface area contributed by atoms with Crippen LogP contribution in [0.15, 0.2) is 12.3 Å². The number of hydrogen-bond acceptors (Lipinski definition) is 3. The van der Waals surface area contributed by atoms with Crippen LogP contribution in [0.5, 0.6) is 0 Å². The van der Waals surface area contributed by atoms with E-state index in [2.05, 4.69) is 35.1 Å². The van der Waals surface area contributed by atoms with Crippen molar-refractivity contribution in [1.29, 1.82) is 0 Å². The number of pyridine rings is 1. The third kappa shape index (κ3) is 3.26. The van der Waals surface area contributed by atoms with E-state index in [4.69, 9.17) is 11.6 Å². The summed E-state index contributed by atoms with van der Waals surface area (Å²) in [6.07, 6.45) is 5.84. The van der Waals surface area contributed by atoms with E-state index in [-0.39, 0.29) is 0 Å². The summed E-state index contributed by atoms with van der Waals surface area (Å²) in [4.78, 5) is 6.94. The zero-order valence-electron chi connectivity index (χ0n) is 12.4. The average Bonchev–Trinajstić information content (AvgIpc) is 3.11. The predicted octanol–water partition coefficient (Wildman–Crippen LogP) is 3.47. The van der Waals surface area contributed by atoms with Gasteiger partial charge in [0, 0.05) is 31.9 Å². The fourth-order valence-corrected chi connectivity index (χ4v) is 3.18. The molecular weight excluding hydrogens is 270 g/mol. The van der Waals surface area contributed by atoms with Crippen molar-refractivity contribution in [3.63, 3.8) is 0 Å². The molecule has 0 spiro atoms. The molecule has 0 bridgehead atoms. The number of nitrogens with zero attached hydrogens (tertiary/aromatic N) is 2. The molecule has 2 heterocycles. The highest BCUT2D eigenvalue weighted by molar-refractivity contribution is 6.33. The second-order valence-corrected chi connectivity index (χ2v) is 6.95. The maximum Gasteiger partial charge on any atom is 0.147 e. The van der Waals surface area contributed by atoms with Crippen LogP contribution in [0.4, 0.5) is 5.82 Å². The van der Waals surface area contributed by atoms with Crippen LogP contribution in [0.3, 0.4) is 0 Å². The fourth-order valence-electron chi connectivity index (χ4n) is 2.87. The standard InChI is InChI=1S/C16H24ClN3/c1-11(2)13-5-6-20(10-13)16-15(17)7-12(9-19-16)8-18-14-3-4-14/h7,9,11,13-14,18H,3-6,8,10H2,1-2H3. The van der Waals surface area contributed by atoms with Crippen molar-refractivity contribution < 1.29 is 0 Å². The molecule has 3 rings (SSSR count). The average molecular weight is 294 g/mol. The van der Waals surface area contributed by atoms with E-state index in [1.54, 1.807) is 0 Å². The molecular formula is C16H24ClN3. The molecule has 1 aromatic rings. The first-order valence-corrected chi connectivity index (χ1v) is 8.14. The highest BCUT2D eigenvalue weighted by Crippen LogP contribution is 2.31. The highest BCUT2D eigenvalue weighted by Gasteiger charge is 2.27. The maximum atomic E-state index is 6.44.